The second-order valence-electron chi connectivity index (χ2n) is 2.86. The minimum absolute atomic E-state index is 0.0989. The molecule has 15 heavy (non-hydrogen) atoms. The zero-order valence-corrected chi connectivity index (χ0v) is 7.75. The van der Waals surface area contributed by atoms with Crippen LogP contribution in [-0.2, 0) is 0 Å². The van der Waals surface area contributed by atoms with E-state index in [9.17, 15) is 10.1 Å². The van der Waals surface area contributed by atoms with Crippen molar-refractivity contribution >= 4 is 16.6 Å². The number of aromatic nitrogens is 2. The van der Waals surface area contributed by atoms with Crippen LogP contribution in [0.4, 0.5) is 5.69 Å². The van der Waals surface area contributed by atoms with E-state index in [1.807, 2.05) is 0 Å². The Labute approximate surface area is 83.6 Å². The van der Waals surface area contributed by atoms with E-state index in [-0.39, 0.29) is 17.0 Å². The Balaban J connectivity index is 2.83. The molecule has 0 bridgehead atoms. The average molecular weight is 209 g/mol. The molecule has 0 saturated heterocycles. The molecule has 0 saturated carbocycles. The van der Waals surface area contributed by atoms with Crippen LogP contribution in [0.25, 0.3) is 10.9 Å². The Bertz CT molecular complexity index is 534. The Morgan fingerprint density at radius 3 is 2.93 bits per heavy atom. The van der Waals surface area contributed by atoms with Gasteiger partial charge >= 0.3 is 5.69 Å². The van der Waals surface area contributed by atoms with E-state index in [4.69, 9.17) is 9.94 Å². The molecule has 1 heterocycles. The third-order valence-electron chi connectivity index (χ3n) is 2.00. The summed E-state index contributed by atoms with van der Waals surface area (Å²) in [6, 6.07) is 3.04. The van der Waals surface area contributed by atoms with Crippen molar-refractivity contribution in [3.63, 3.8) is 0 Å². The van der Waals surface area contributed by atoms with E-state index in [1.165, 1.54) is 19.4 Å². The third-order valence-corrected chi connectivity index (χ3v) is 2.00. The van der Waals surface area contributed by atoms with Crippen LogP contribution in [0.3, 0.4) is 0 Å². The van der Waals surface area contributed by atoms with Gasteiger partial charge < -0.3 is 9.94 Å². The van der Waals surface area contributed by atoms with Crippen LogP contribution in [0.5, 0.6) is 5.75 Å². The molecular formula is C8H7N3O4. The number of fused-ring (bicyclic) bond motifs is 1. The second-order valence-corrected chi connectivity index (χ2v) is 2.86. The van der Waals surface area contributed by atoms with E-state index >= 15 is 0 Å². The van der Waals surface area contributed by atoms with Crippen molar-refractivity contribution in [1.29, 1.82) is 0 Å². The summed E-state index contributed by atoms with van der Waals surface area (Å²) in [5.41, 5.74) is -0.148. The molecule has 2 aromatic rings. The molecule has 0 aliphatic heterocycles. The summed E-state index contributed by atoms with van der Waals surface area (Å²) >= 11 is 0. The van der Waals surface area contributed by atoms with Crippen molar-refractivity contribution in [2.24, 2.45) is 0 Å². The molecule has 1 N–H and O–H groups in total. The number of hydrogen-bond donors (Lipinski definition) is 1. The highest BCUT2D eigenvalue weighted by Crippen LogP contribution is 2.33. The van der Waals surface area contributed by atoms with Crippen molar-refractivity contribution in [3.05, 3.63) is 28.4 Å². The lowest BCUT2D eigenvalue weighted by Crippen LogP contribution is -1.95. The Kier molecular flexibility index (Phi) is 1.93. The lowest BCUT2D eigenvalue weighted by molar-refractivity contribution is -0.384. The van der Waals surface area contributed by atoms with Crippen molar-refractivity contribution in [2.45, 2.75) is 0 Å². The first-order chi connectivity index (χ1) is 7.13. The number of nitro groups is 1. The molecule has 0 aliphatic rings. The molecule has 2 rings (SSSR count). The molecular weight excluding hydrogens is 202 g/mol. The van der Waals surface area contributed by atoms with Crippen molar-refractivity contribution in [1.82, 2.24) is 9.94 Å². The number of nitrogens with zero attached hydrogens (tertiary/aromatic N) is 3. The fourth-order valence-corrected chi connectivity index (χ4v) is 1.38. The molecule has 0 fully saturated rings. The maximum absolute atomic E-state index is 10.8. The Morgan fingerprint density at radius 1 is 1.60 bits per heavy atom. The first-order valence-corrected chi connectivity index (χ1v) is 4.03. The van der Waals surface area contributed by atoms with E-state index in [2.05, 4.69) is 5.10 Å². The molecule has 78 valence electrons. The SMILES string of the molecule is COc1ccc2cn(O)nc2c1[N+](=O)[O-]. The van der Waals surface area contributed by atoms with Crippen molar-refractivity contribution in [3.8, 4) is 5.75 Å². The molecule has 0 unspecified atom stereocenters. The summed E-state index contributed by atoms with van der Waals surface area (Å²) in [5, 5.41) is 23.9. The van der Waals surface area contributed by atoms with Crippen molar-refractivity contribution < 1.29 is 14.9 Å². The van der Waals surface area contributed by atoms with Crippen molar-refractivity contribution in [2.75, 3.05) is 7.11 Å². The fourth-order valence-electron chi connectivity index (χ4n) is 1.38. The highest BCUT2D eigenvalue weighted by molar-refractivity contribution is 5.89. The molecule has 0 aliphatic carbocycles. The molecule has 0 spiro atoms. The number of benzene rings is 1. The van der Waals surface area contributed by atoms with Gasteiger partial charge in [0.15, 0.2) is 11.3 Å². The predicted molar refractivity (Wildman–Crippen MR) is 50.1 cm³/mol. The number of hydrogen-bond acceptors (Lipinski definition) is 5. The van der Waals surface area contributed by atoms with Crippen LogP contribution >= 0.6 is 0 Å². The monoisotopic (exact) mass is 209 g/mol. The largest absolute Gasteiger partial charge is 0.490 e. The topological polar surface area (TPSA) is 90.4 Å². The lowest BCUT2D eigenvalue weighted by Gasteiger charge is -2.00. The smallest absolute Gasteiger partial charge is 0.338 e. The first kappa shape index (κ1) is 9.25. The van der Waals surface area contributed by atoms with Gasteiger partial charge in [0.25, 0.3) is 0 Å². The highest BCUT2D eigenvalue weighted by Gasteiger charge is 2.22. The minimum Gasteiger partial charge on any atom is -0.490 e. The van der Waals surface area contributed by atoms with Crippen LogP contribution in [0.1, 0.15) is 0 Å². The molecule has 0 amide bonds. The maximum atomic E-state index is 10.8. The zero-order chi connectivity index (χ0) is 11.0. The van der Waals surface area contributed by atoms with Gasteiger partial charge in [-0.2, -0.15) is 0 Å². The van der Waals surface area contributed by atoms with E-state index in [1.54, 1.807) is 6.07 Å². The van der Waals surface area contributed by atoms with E-state index < -0.39 is 4.92 Å². The van der Waals surface area contributed by atoms with Gasteiger partial charge in [0.2, 0.25) is 0 Å². The van der Waals surface area contributed by atoms with Gasteiger partial charge in [0.05, 0.1) is 18.2 Å². The molecule has 1 aromatic carbocycles. The Morgan fingerprint density at radius 2 is 2.33 bits per heavy atom. The zero-order valence-electron chi connectivity index (χ0n) is 7.75. The molecule has 7 nitrogen and oxygen atoms in total. The number of nitro benzene ring substituents is 1. The standard InChI is InChI=1S/C8H7N3O4/c1-15-6-3-2-5-4-10(12)9-7(5)8(6)11(13)14/h2-4,12H,1H3. The summed E-state index contributed by atoms with van der Waals surface area (Å²) in [5.74, 6) is 0.117. The summed E-state index contributed by atoms with van der Waals surface area (Å²) in [4.78, 5) is 10.7. The molecule has 0 radical (unpaired) electrons. The van der Waals surface area contributed by atoms with Gasteiger partial charge in [-0.05, 0) is 12.1 Å². The fraction of sp³-hybridized carbons (Fsp3) is 0.125. The number of rotatable bonds is 2. The summed E-state index contributed by atoms with van der Waals surface area (Å²) in [7, 11) is 1.34. The van der Waals surface area contributed by atoms with Crippen LogP contribution in [0, 0.1) is 10.1 Å². The number of methoxy groups -OCH3 is 1. The minimum atomic E-state index is -0.589. The van der Waals surface area contributed by atoms with Gasteiger partial charge in [0, 0.05) is 5.39 Å². The summed E-state index contributed by atoms with van der Waals surface area (Å²) in [6.07, 6.45) is 1.28. The number of ether oxygens (including phenoxy) is 1. The maximum Gasteiger partial charge on any atom is 0.338 e. The Hall–Kier alpha value is -2.31. The molecule has 7 heteroatoms. The summed E-state index contributed by atoms with van der Waals surface area (Å²) < 4.78 is 4.85. The van der Waals surface area contributed by atoms with E-state index in [0.29, 0.717) is 10.2 Å². The second kappa shape index (κ2) is 3.12. The predicted octanol–water partition coefficient (Wildman–Crippen LogP) is 1.19. The summed E-state index contributed by atoms with van der Waals surface area (Å²) in [6.45, 7) is 0. The average Bonchev–Trinajstić information content (AvgIpc) is 2.55. The van der Waals surface area contributed by atoms with Gasteiger partial charge in [-0.1, -0.05) is 0 Å². The molecule has 1 aromatic heterocycles. The van der Waals surface area contributed by atoms with Gasteiger partial charge in [-0.3, -0.25) is 10.1 Å². The first-order valence-electron chi connectivity index (χ1n) is 4.03. The highest BCUT2D eigenvalue weighted by atomic mass is 16.6. The van der Waals surface area contributed by atoms with Crippen LogP contribution < -0.4 is 4.74 Å². The quantitative estimate of drug-likeness (QED) is 0.455. The van der Waals surface area contributed by atoms with E-state index in [0.717, 1.165) is 0 Å². The van der Waals surface area contributed by atoms with Crippen LogP contribution in [-0.4, -0.2) is 27.2 Å². The van der Waals surface area contributed by atoms with Gasteiger partial charge in [-0.15, -0.1) is 9.94 Å². The van der Waals surface area contributed by atoms with Gasteiger partial charge in [0.1, 0.15) is 0 Å². The van der Waals surface area contributed by atoms with Gasteiger partial charge in [-0.25, -0.2) is 0 Å². The lowest BCUT2D eigenvalue weighted by atomic mass is 10.2. The molecule has 0 atom stereocenters. The van der Waals surface area contributed by atoms with Crippen LogP contribution in [0.15, 0.2) is 18.3 Å². The normalized spacial score (nSPS) is 10.5. The third kappa shape index (κ3) is 1.33. The van der Waals surface area contributed by atoms with Crippen LogP contribution in [0.2, 0.25) is 0 Å².